The van der Waals surface area contributed by atoms with Gasteiger partial charge in [-0.25, -0.2) is 4.68 Å². The number of para-hydroxylation sites is 2. The smallest absolute Gasteiger partial charge is 0.248 e. The Hall–Kier alpha value is -3.25. The fourth-order valence-corrected chi connectivity index (χ4v) is 2.89. The van der Waals surface area contributed by atoms with Crippen molar-refractivity contribution in [1.82, 2.24) is 9.78 Å². The number of amides is 1. The summed E-state index contributed by atoms with van der Waals surface area (Å²) in [6, 6.07) is 12.7. The Morgan fingerprint density at radius 1 is 1.23 bits per heavy atom. The van der Waals surface area contributed by atoms with E-state index in [-0.39, 0.29) is 12.7 Å². The molecule has 4 rings (SSSR count). The van der Waals surface area contributed by atoms with Crippen molar-refractivity contribution in [2.75, 3.05) is 12.1 Å². The Bertz CT molecular complexity index is 984. The molecule has 0 bridgehead atoms. The monoisotopic (exact) mass is 367 g/mol. The maximum atomic E-state index is 12.3. The highest BCUT2D eigenvalue weighted by atomic mass is 35.5. The lowest BCUT2D eigenvalue weighted by molar-refractivity contribution is -0.111. The summed E-state index contributed by atoms with van der Waals surface area (Å²) in [5.41, 5.74) is 2.19. The number of halogens is 1. The van der Waals surface area contributed by atoms with E-state index in [2.05, 4.69) is 10.4 Å². The van der Waals surface area contributed by atoms with Gasteiger partial charge in [-0.05, 0) is 42.0 Å². The number of ether oxygens (including phenoxy) is 2. The SMILES string of the molecule is O=C(C=Cc1cc(Cl)c2c(c1)OCO2)Nc1ccccc1-n1cccn1. The number of hydrogen-bond donors (Lipinski definition) is 1. The second-order valence-corrected chi connectivity index (χ2v) is 5.93. The molecular weight excluding hydrogens is 354 g/mol. The van der Waals surface area contributed by atoms with E-state index in [1.54, 1.807) is 29.1 Å². The lowest BCUT2D eigenvalue weighted by Gasteiger charge is -2.09. The number of nitrogens with one attached hydrogen (secondary N) is 1. The summed E-state index contributed by atoms with van der Waals surface area (Å²) in [5.74, 6) is 0.835. The van der Waals surface area contributed by atoms with Crippen molar-refractivity contribution >= 4 is 29.3 Å². The van der Waals surface area contributed by atoms with Crippen LogP contribution in [-0.4, -0.2) is 22.5 Å². The molecule has 0 saturated heterocycles. The first kappa shape index (κ1) is 16.2. The second kappa shape index (κ2) is 6.93. The van der Waals surface area contributed by atoms with Crippen LogP contribution in [0.4, 0.5) is 5.69 Å². The number of nitrogens with zero attached hydrogens (tertiary/aromatic N) is 2. The van der Waals surface area contributed by atoms with Crippen LogP contribution in [0.2, 0.25) is 5.02 Å². The van der Waals surface area contributed by atoms with Crippen molar-refractivity contribution in [3.05, 3.63) is 71.5 Å². The summed E-state index contributed by atoms with van der Waals surface area (Å²) >= 11 is 6.15. The Kier molecular flexibility index (Phi) is 4.33. The van der Waals surface area contributed by atoms with E-state index >= 15 is 0 Å². The highest BCUT2D eigenvalue weighted by molar-refractivity contribution is 6.32. The van der Waals surface area contributed by atoms with Gasteiger partial charge in [0, 0.05) is 18.5 Å². The molecule has 0 unspecified atom stereocenters. The molecule has 0 atom stereocenters. The van der Waals surface area contributed by atoms with Crippen molar-refractivity contribution in [2.24, 2.45) is 0 Å². The van der Waals surface area contributed by atoms with Crippen LogP contribution in [0.1, 0.15) is 5.56 Å². The number of fused-ring (bicyclic) bond motifs is 1. The molecule has 0 saturated carbocycles. The van der Waals surface area contributed by atoms with E-state index in [1.807, 2.05) is 36.5 Å². The number of carbonyl (C=O) groups is 1. The van der Waals surface area contributed by atoms with Crippen molar-refractivity contribution in [1.29, 1.82) is 0 Å². The number of hydrogen-bond acceptors (Lipinski definition) is 4. The molecule has 1 N–H and O–H groups in total. The fourth-order valence-electron chi connectivity index (χ4n) is 2.62. The lowest BCUT2D eigenvalue weighted by atomic mass is 10.2. The molecule has 0 radical (unpaired) electrons. The molecule has 26 heavy (non-hydrogen) atoms. The molecule has 1 aromatic heterocycles. The summed E-state index contributed by atoms with van der Waals surface area (Å²) in [5, 5.41) is 7.51. The summed E-state index contributed by atoms with van der Waals surface area (Å²) < 4.78 is 12.3. The predicted octanol–water partition coefficient (Wildman–Crippen LogP) is 3.91. The van der Waals surface area contributed by atoms with E-state index in [0.717, 1.165) is 11.3 Å². The van der Waals surface area contributed by atoms with Gasteiger partial charge in [-0.15, -0.1) is 0 Å². The summed E-state index contributed by atoms with van der Waals surface area (Å²) in [6.07, 6.45) is 6.60. The first-order valence-electron chi connectivity index (χ1n) is 7.88. The summed E-state index contributed by atoms with van der Waals surface area (Å²) in [4.78, 5) is 12.3. The van der Waals surface area contributed by atoms with Crippen molar-refractivity contribution in [3.8, 4) is 17.2 Å². The van der Waals surface area contributed by atoms with Gasteiger partial charge in [-0.1, -0.05) is 23.7 Å². The Morgan fingerprint density at radius 3 is 2.96 bits per heavy atom. The van der Waals surface area contributed by atoms with Crippen LogP contribution in [0.5, 0.6) is 11.5 Å². The lowest BCUT2D eigenvalue weighted by Crippen LogP contribution is -2.10. The molecule has 3 aromatic rings. The molecule has 1 aliphatic heterocycles. The Labute approximate surface area is 154 Å². The number of rotatable bonds is 4. The molecule has 1 amide bonds. The van der Waals surface area contributed by atoms with E-state index in [0.29, 0.717) is 22.2 Å². The zero-order chi connectivity index (χ0) is 17.9. The fraction of sp³-hybridized carbons (Fsp3) is 0.0526. The van der Waals surface area contributed by atoms with Crippen molar-refractivity contribution in [2.45, 2.75) is 0 Å². The maximum Gasteiger partial charge on any atom is 0.248 e. The molecule has 7 heteroatoms. The Morgan fingerprint density at radius 2 is 2.12 bits per heavy atom. The standard InChI is InChI=1S/C19H14ClN3O3/c20-14-10-13(11-17-19(14)26-12-25-17)6-7-18(24)22-15-4-1-2-5-16(15)23-9-3-8-21-23/h1-11H,12H2,(H,22,24). The minimum absolute atomic E-state index is 0.146. The van der Waals surface area contributed by atoms with Gasteiger partial charge < -0.3 is 14.8 Å². The summed E-state index contributed by atoms with van der Waals surface area (Å²) in [6.45, 7) is 0.146. The van der Waals surface area contributed by atoms with Gasteiger partial charge in [0.25, 0.3) is 0 Å². The molecule has 0 aliphatic carbocycles. The maximum absolute atomic E-state index is 12.3. The third-order valence-electron chi connectivity index (χ3n) is 3.79. The average Bonchev–Trinajstić information content (AvgIpc) is 3.32. The normalized spacial score (nSPS) is 12.5. The molecule has 2 aromatic carbocycles. The van der Waals surface area contributed by atoms with Crippen LogP contribution in [0.25, 0.3) is 11.8 Å². The number of carbonyl (C=O) groups excluding carboxylic acids is 1. The van der Waals surface area contributed by atoms with Gasteiger partial charge in [-0.3, -0.25) is 4.79 Å². The van der Waals surface area contributed by atoms with Crippen molar-refractivity contribution in [3.63, 3.8) is 0 Å². The topological polar surface area (TPSA) is 65.4 Å². The van der Waals surface area contributed by atoms with Gasteiger partial charge in [-0.2, -0.15) is 5.10 Å². The largest absolute Gasteiger partial charge is 0.454 e. The van der Waals surface area contributed by atoms with Gasteiger partial charge >= 0.3 is 0 Å². The highest BCUT2D eigenvalue weighted by Crippen LogP contribution is 2.40. The average molecular weight is 368 g/mol. The summed E-state index contributed by atoms with van der Waals surface area (Å²) in [7, 11) is 0. The molecule has 0 spiro atoms. The van der Waals surface area contributed by atoms with Gasteiger partial charge in [0.2, 0.25) is 12.7 Å². The first-order chi connectivity index (χ1) is 12.7. The third-order valence-corrected chi connectivity index (χ3v) is 4.07. The number of benzene rings is 2. The van der Waals surface area contributed by atoms with Crippen LogP contribution in [0.15, 0.2) is 60.9 Å². The minimum Gasteiger partial charge on any atom is -0.454 e. The van der Waals surface area contributed by atoms with Crippen LogP contribution < -0.4 is 14.8 Å². The van der Waals surface area contributed by atoms with Crippen LogP contribution in [0.3, 0.4) is 0 Å². The molecule has 0 fully saturated rings. The zero-order valence-electron chi connectivity index (χ0n) is 13.6. The van der Waals surface area contributed by atoms with Gasteiger partial charge in [0.1, 0.15) is 0 Å². The molecular formula is C19H14ClN3O3. The van der Waals surface area contributed by atoms with E-state index in [9.17, 15) is 4.79 Å². The quantitative estimate of drug-likeness (QED) is 0.710. The van der Waals surface area contributed by atoms with Gasteiger partial charge in [0.05, 0.1) is 16.4 Å². The van der Waals surface area contributed by atoms with E-state index < -0.39 is 0 Å². The zero-order valence-corrected chi connectivity index (χ0v) is 14.3. The number of aromatic nitrogens is 2. The van der Waals surface area contributed by atoms with Crippen LogP contribution in [-0.2, 0) is 4.79 Å². The minimum atomic E-state index is -0.265. The first-order valence-corrected chi connectivity index (χ1v) is 8.26. The van der Waals surface area contributed by atoms with E-state index in [1.165, 1.54) is 6.08 Å². The molecule has 6 nitrogen and oxygen atoms in total. The molecule has 1 aliphatic rings. The second-order valence-electron chi connectivity index (χ2n) is 5.53. The third kappa shape index (κ3) is 3.27. The predicted molar refractivity (Wildman–Crippen MR) is 98.8 cm³/mol. The van der Waals surface area contributed by atoms with Crippen LogP contribution in [0, 0.1) is 0 Å². The number of anilines is 1. The Balaban J connectivity index is 1.52. The molecule has 130 valence electrons. The van der Waals surface area contributed by atoms with E-state index in [4.69, 9.17) is 21.1 Å². The van der Waals surface area contributed by atoms with Crippen molar-refractivity contribution < 1.29 is 14.3 Å². The highest BCUT2D eigenvalue weighted by Gasteiger charge is 2.17. The van der Waals surface area contributed by atoms with Crippen LogP contribution >= 0.6 is 11.6 Å². The molecule has 2 heterocycles. The van der Waals surface area contributed by atoms with Gasteiger partial charge in [0.15, 0.2) is 11.5 Å².